The van der Waals surface area contributed by atoms with E-state index in [4.69, 9.17) is 9.47 Å². The molecule has 0 radical (unpaired) electrons. The van der Waals surface area contributed by atoms with Gasteiger partial charge in [-0.3, -0.25) is 14.4 Å². The Morgan fingerprint density at radius 1 is 0.472 bits per heavy atom. The number of nitrogens with one attached hydrogen (secondary N) is 2. The van der Waals surface area contributed by atoms with Crippen molar-refractivity contribution in [2.45, 2.75) is 0 Å². The van der Waals surface area contributed by atoms with Crippen molar-refractivity contribution in [2.75, 3.05) is 13.1 Å². The van der Waals surface area contributed by atoms with Crippen molar-refractivity contribution in [3.05, 3.63) is 120 Å². The van der Waals surface area contributed by atoms with Gasteiger partial charge in [0.25, 0.3) is 11.8 Å². The number of para-hydroxylation sites is 2. The molecule has 7 nitrogen and oxygen atoms in total. The van der Waals surface area contributed by atoms with Crippen LogP contribution in [0.4, 0.5) is 0 Å². The predicted octanol–water partition coefficient (Wildman–Crippen LogP) is 5.00. The van der Waals surface area contributed by atoms with Crippen LogP contribution in [-0.4, -0.2) is 30.7 Å². The molecule has 0 aromatic heterocycles. The van der Waals surface area contributed by atoms with E-state index in [1.807, 2.05) is 60.7 Å². The Bertz CT molecular complexity index is 1200. The first kappa shape index (κ1) is 24.2. The van der Waals surface area contributed by atoms with Gasteiger partial charge in [0.05, 0.1) is 13.1 Å². The molecular formula is C29H24N2O5. The third-order valence-electron chi connectivity index (χ3n) is 5.08. The number of carbonyl (C=O) groups excluding carboxylic acids is 3. The first-order chi connectivity index (χ1) is 17.6. The molecular weight excluding hydrogens is 456 g/mol. The van der Waals surface area contributed by atoms with Crippen molar-refractivity contribution in [3.8, 4) is 23.0 Å². The van der Waals surface area contributed by atoms with E-state index < -0.39 is 11.8 Å². The number of hydrogen-bond acceptors (Lipinski definition) is 5. The molecule has 0 spiro atoms. The number of ketones is 1. The number of rotatable bonds is 10. The van der Waals surface area contributed by atoms with E-state index in [0.717, 1.165) is 0 Å². The van der Waals surface area contributed by atoms with Gasteiger partial charge in [0.1, 0.15) is 23.0 Å². The first-order valence-electron chi connectivity index (χ1n) is 11.3. The van der Waals surface area contributed by atoms with Gasteiger partial charge in [-0.15, -0.1) is 0 Å². The van der Waals surface area contributed by atoms with E-state index in [9.17, 15) is 14.4 Å². The molecule has 0 aliphatic rings. The van der Waals surface area contributed by atoms with Crippen molar-refractivity contribution in [3.63, 3.8) is 0 Å². The second-order valence-electron chi connectivity index (χ2n) is 7.78. The average Bonchev–Trinajstić information content (AvgIpc) is 2.92. The number of ether oxygens (including phenoxy) is 2. The Morgan fingerprint density at radius 2 is 0.806 bits per heavy atom. The fraction of sp³-hybridized carbons (Fsp3) is 0.0690. The summed E-state index contributed by atoms with van der Waals surface area (Å²) < 4.78 is 11.4. The summed E-state index contributed by atoms with van der Waals surface area (Å²) in [4.78, 5) is 36.8. The van der Waals surface area contributed by atoms with E-state index in [0.29, 0.717) is 34.1 Å². The lowest BCUT2D eigenvalue weighted by atomic mass is 10.2. The van der Waals surface area contributed by atoms with Crippen LogP contribution in [0.5, 0.6) is 23.0 Å². The van der Waals surface area contributed by atoms with E-state index >= 15 is 0 Å². The topological polar surface area (TPSA) is 93.7 Å². The molecule has 0 fully saturated rings. The highest BCUT2D eigenvalue weighted by Gasteiger charge is 2.11. The molecule has 0 atom stereocenters. The van der Waals surface area contributed by atoms with Gasteiger partial charge in [0.2, 0.25) is 0 Å². The Morgan fingerprint density at radius 3 is 1.17 bits per heavy atom. The van der Waals surface area contributed by atoms with Gasteiger partial charge >= 0.3 is 0 Å². The molecule has 4 rings (SSSR count). The van der Waals surface area contributed by atoms with Crippen molar-refractivity contribution < 1.29 is 23.9 Å². The minimum Gasteiger partial charge on any atom is -0.457 e. The molecule has 36 heavy (non-hydrogen) atoms. The maximum absolute atomic E-state index is 12.3. The predicted molar refractivity (Wildman–Crippen MR) is 136 cm³/mol. The summed E-state index contributed by atoms with van der Waals surface area (Å²) in [7, 11) is 0. The SMILES string of the molecule is O=C(CNC(=O)c1ccc(Oc2ccccc2)cc1)CNC(=O)c1ccc(Oc2ccccc2)cc1. The van der Waals surface area contributed by atoms with Crippen LogP contribution in [-0.2, 0) is 4.79 Å². The fourth-order valence-electron chi connectivity index (χ4n) is 3.22. The lowest BCUT2D eigenvalue weighted by Crippen LogP contribution is -2.36. The Kier molecular flexibility index (Phi) is 8.07. The Hall–Kier alpha value is -4.91. The molecule has 0 aliphatic heterocycles. The van der Waals surface area contributed by atoms with Crippen molar-refractivity contribution >= 4 is 17.6 Å². The second kappa shape index (κ2) is 12.0. The third-order valence-corrected chi connectivity index (χ3v) is 5.08. The summed E-state index contributed by atoms with van der Waals surface area (Å²) in [6, 6.07) is 31.8. The van der Waals surface area contributed by atoms with Crippen LogP contribution < -0.4 is 20.1 Å². The highest BCUT2D eigenvalue weighted by molar-refractivity contribution is 5.99. The highest BCUT2D eigenvalue weighted by atomic mass is 16.5. The summed E-state index contributed by atoms with van der Waals surface area (Å²) in [6.07, 6.45) is 0. The largest absolute Gasteiger partial charge is 0.457 e. The van der Waals surface area contributed by atoms with Gasteiger partial charge in [0, 0.05) is 11.1 Å². The maximum atomic E-state index is 12.3. The molecule has 180 valence electrons. The zero-order valence-electron chi connectivity index (χ0n) is 19.3. The molecule has 2 amide bonds. The van der Waals surface area contributed by atoms with E-state index in [1.165, 1.54) is 0 Å². The number of hydrogen-bond donors (Lipinski definition) is 2. The van der Waals surface area contributed by atoms with Crippen LogP contribution >= 0.6 is 0 Å². The number of benzene rings is 4. The molecule has 4 aromatic rings. The van der Waals surface area contributed by atoms with Crippen LogP contribution in [0.1, 0.15) is 20.7 Å². The van der Waals surface area contributed by atoms with E-state index in [2.05, 4.69) is 10.6 Å². The van der Waals surface area contributed by atoms with Crippen molar-refractivity contribution in [1.82, 2.24) is 10.6 Å². The number of amides is 2. The molecule has 4 aromatic carbocycles. The molecule has 0 saturated carbocycles. The summed E-state index contributed by atoms with van der Waals surface area (Å²) in [6.45, 7) is -0.406. The van der Waals surface area contributed by atoms with Gasteiger partial charge in [-0.05, 0) is 72.8 Å². The normalized spacial score (nSPS) is 10.2. The molecule has 2 N–H and O–H groups in total. The zero-order chi connectivity index (χ0) is 25.2. The second-order valence-corrected chi connectivity index (χ2v) is 7.78. The lowest BCUT2D eigenvalue weighted by molar-refractivity contribution is -0.117. The van der Waals surface area contributed by atoms with Gasteiger partial charge in [-0.2, -0.15) is 0 Å². The van der Waals surface area contributed by atoms with E-state index in [-0.39, 0.29) is 18.9 Å². The van der Waals surface area contributed by atoms with Crippen LogP contribution in [0.2, 0.25) is 0 Å². The first-order valence-corrected chi connectivity index (χ1v) is 11.3. The molecule has 0 saturated heterocycles. The fourth-order valence-corrected chi connectivity index (χ4v) is 3.22. The van der Waals surface area contributed by atoms with Gasteiger partial charge < -0.3 is 20.1 Å². The van der Waals surface area contributed by atoms with Crippen molar-refractivity contribution in [1.29, 1.82) is 0 Å². The quantitative estimate of drug-likeness (QED) is 0.333. The number of Topliss-reactive ketones (excluding diaryl/α,β-unsaturated/α-hetero) is 1. The molecule has 7 heteroatoms. The Balaban J connectivity index is 1.19. The number of carbonyl (C=O) groups is 3. The van der Waals surface area contributed by atoms with E-state index in [1.54, 1.807) is 48.5 Å². The van der Waals surface area contributed by atoms with Crippen LogP contribution in [0, 0.1) is 0 Å². The zero-order valence-corrected chi connectivity index (χ0v) is 19.3. The van der Waals surface area contributed by atoms with Crippen molar-refractivity contribution in [2.24, 2.45) is 0 Å². The van der Waals surface area contributed by atoms with Crippen LogP contribution in [0.3, 0.4) is 0 Å². The average molecular weight is 481 g/mol. The van der Waals surface area contributed by atoms with Gasteiger partial charge in [-0.25, -0.2) is 0 Å². The molecule has 0 unspecified atom stereocenters. The Labute approximate surface area is 208 Å². The lowest BCUT2D eigenvalue weighted by Gasteiger charge is -2.09. The highest BCUT2D eigenvalue weighted by Crippen LogP contribution is 2.22. The smallest absolute Gasteiger partial charge is 0.251 e. The minimum atomic E-state index is -0.394. The monoisotopic (exact) mass is 480 g/mol. The molecule has 0 bridgehead atoms. The molecule has 0 aliphatic carbocycles. The van der Waals surface area contributed by atoms with Gasteiger partial charge in [0.15, 0.2) is 5.78 Å². The summed E-state index contributed by atoms with van der Waals surface area (Å²) in [5.74, 6) is 1.46. The van der Waals surface area contributed by atoms with Crippen LogP contribution in [0.15, 0.2) is 109 Å². The summed E-state index contributed by atoms with van der Waals surface area (Å²) >= 11 is 0. The summed E-state index contributed by atoms with van der Waals surface area (Å²) in [5, 5.41) is 5.13. The van der Waals surface area contributed by atoms with Gasteiger partial charge in [-0.1, -0.05) is 36.4 Å². The maximum Gasteiger partial charge on any atom is 0.251 e. The third kappa shape index (κ3) is 7.04. The molecule has 0 heterocycles. The standard InChI is InChI=1S/C29H24N2O5/c32-23(19-30-28(33)21-11-15-26(16-12-21)35-24-7-3-1-4-8-24)20-31-29(34)22-13-17-27(18-14-22)36-25-9-5-2-6-10-25/h1-18H,19-20H2,(H,30,33)(H,31,34). The summed E-state index contributed by atoms with van der Waals surface area (Å²) in [5.41, 5.74) is 0.787. The van der Waals surface area contributed by atoms with Crippen LogP contribution in [0.25, 0.3) is 0 Å². The minimum absolute atomic E-state index is 0.203.